The predicted octanol–water partition coefficient (Wildman–Crippen LogP) is 3.45. The van der Waals surface area contributed by atoms with Crippen molar-refractivity contribution in [3.05, 3.63) is 53.6 Å². The van der Waals surface area contributed by atoms with E-state index in [0.29, 0.717) is 17.3 Å². The molecule has 0 saturated carbocycles. The van der Waals surface area contributed by atoms with Gasteiger partial charge in [0.05, 0.1) is 0 Å². The number of aryl methyl sites for hydroxylation is 1. The summed E-state index contributed by atoms with van der Waals surface area (Å²) in [4.78, 5) is 24.3. The lowest BCUT2D eigenvalue weighted by atomic mass is 10.1. The fraction of sp³-hybridized carbons (Fsp3) is 0.350. The summed E-state index contributed by atoms with van der Waals surface area (Å²) in [7, 11) is 0. The van der Waals surface area contributed by atoms with Crippen LogP contribution in [0.25, 0.3) is 10.9 Å². The number of hydrogen-bond donors (Lipinski definition) is 3. The molecule has 6 heteroatoms. The van der Waals surface area contributed by atoms with Crippen LogP contribution in [0.1, 0.15) is 42.6 Å². The molecule has 1 amide bonds. The van der Waals surface area contributed by atoms with Crippen LogP contribution in [-0.2, 0) is 6.42 Å². The van der Waals surface area contributed by atoms with E-state index < -0.39 is 0 Å². The van der Waals surface area contributed by atoms with E-state index in [1.807, 2.05) is 39.1 Å². The maximum absolute atomic E-state index is 12.3. The van der Waals surface area contributed by atoms with Crippen molar-refractivity contribution in [2.24, 2.45) is 0 Å². The van der Waals surface area contributed by atoms with Gasteiger partial charge in [-0.2, -0.15) is 0 Å². The number of benzene rings is 1. The van der Waals surface area contributed by atoms with Gasteiger partial charge >= 0.3 is 0 Å². The van der Waals surface area contributed by atoms with Gasteiger partial charge in [0.15, 0.2) is 0 Å². The van der Waals surface area contributed by atoms with E-state index in [4.69, 9.17) is 0 Å². The molecule has 0 atom stereocenters. The number of carbonyl (C=O) groups excluding carboxylic acids is 1. The van der Waals surface area contributed by atoms with Crippen molar-refractivity contribution in [3.63, 3.8) is 0 Å². The van der Waals surface area contributed by atoms with Gasteiger partial charge in [-0.25, -0.2) is 9.97 Å². The number of aromatic nitrogens is 3. The first-order chi connectivity index (χ1) is 12.3. The highest BCUT2D eigenvalue weighted by Gasteiger charge is 2.17. The highest BCUT2D eigenvalue weighted by molar-refractivity contribution is 5.93. The SMILES string of the molecule is Cc1nc(NCCc2c[nH]c3ccccc23)cc(C(=O)NC(C)(C)C)n1. The molecule has 0 fully saturated rings. The van der Waals surface area contributed by atoms with Crippen molar-refractivity contribution in [3.8, 4) is 0 Å². The fourth-order valence-corrected chi connectivity index (χ4v) is 2.84. The quantitative estimate of drug-likeness (QED) is 0.657. The first kappa shape index (κ1) is 17.9. The number of nitrogens with zero attached hydrogens (tertiary/aromatic N) is 2. The topological polar surface area (TPSA) is 82.7 Å². The number of aromatic amines is 1. The van der Waals surface area contributed by atoms with Crippen LogP contribution in [0.3, 0.4) is 0 Å². The molecule has 0 aliphatic carbocycles. The van der Waals surface area contributed by atoms with Crippen LogP contribution in [-0.4, -0.2) is 32.9 Å². The zero-order chi connectivity index (χ0) is 18.7. The Balaban J connectivity index is 1.67. The number of nitrogens with one attached hydrogen (secondary N) is 3. The molecule has 2 aromatic heterocycles. The lowest BCUT2D eigenvalue weighted by molar-refractivity contribution is 0.0914. The van der Waals surface area contributed by atoms with Gasteiger partial charge < -0.3 is 15.6 Å². The minimum atomic E-state index is -0.307. The van der Waals surface area contributed by atoms with Gasteiger partial charge in [0.2, 0.25) is 0 Å². The molecule has 0 saturated heterocycles. The molecule has 0 unspecified atom stereocenters. The maximum Gasteiger partial charge on any atom is 0.270 e. The summed E-state index contributed by atoms with van der Waals surface area (Å²) in [5, 5.41) is 7.46. The van der Waals surface area contributed by atoms with Crippen LogP contribution in [0.4, 0.5) is 5.82 Å². The van der Waals surface area contributed by atoms with E-state index in [0.717, 1.165) is 18.5 Å². The number of anilines is 1. The van der Waals surface area contributed by atoms with Crippen LogP contribution in [0.2, 0.25) is 0 Å². The molecule has 6 nitrogen and oxygen atoms in total. The van der Waals surface area contributed by atoms with E-state index in [-0.39, 0.29) is 11.4 Å². The average molecular weight is 351 g/mol. The third-order valence-corrected chi connectivity index (χ3v) is 3.93. The summed E-state index contributed by atoms with van der Waals surface area (Å²) in [5.74, 6) is 1.04. The number of H-pyrrole nitrogens is 1. The Labute approximate surface area is 153 Å². The van der Waals surface area contributed by atoms with Crippen molar-refractivity contribution in [2.75, 3.05) is 11.9 Å². The molecule has 0 spiro atoms. The zero-order valence-corrected chi connectivity index (χ0v) is 15.7. The summed E-state index contributed by atoms with van der Waals surface area (Å²) < 4.78 is 0. The minimum absolute atomic E-state index is 0.192. The van der Waals surface area contributed by atoms with E-state index in [1.165, 1.54) is 10.9 Å². The van der Waals surface area contributed by atoms with Gasteiger partial charge in [-0.05, 0) is 45.7 Å². The first-order valence-corrected chi connectivity index (χ1v) is 8.79. The number of rotatable bonds is 5. The molecule has 26 heavy (non-hydrogen) atoms. The summed E-state index contributed by atoms with van der Waals surface area (Å²) in [6.45, 7) is 8.34. The lowest BCUT2D eigenvalue weighted by Crippen LogP contribution is -2.41. The molecule has 136 valence electrons. The van der Waals surface area contributed by atoms with Crippen molar-refractivity contribution >= 4 is 22.6 Å². The van der Waals surface area contributed by atoms with Gasteiger partial charge in [-0.3, -0.25) is 4.79 Å². The fourth-order valence-electron chi connectivity index (χ4n) is 2.84. The smallest absolute Gasteiger partial charge is 0.270 e. The molecular formula is C20H25N5O. The number of para-hydroxylation sites is 1. The van der Waals surface area contributed by atoms with E-state index >= 15 is 0 Å². The number of fused-ring (bicyclic) bond motifs is 1. The van der Waals surface area contributed by atoms with Crippen LogP contribution in [0.5, 0.6) is 0 Å². The van der Waals surface area contributed by atoms with Gasteiger partial charge in [0.25, 0.3) is 5.91 Å². The van der Waals surface area contributed by atoms with Crippen molar-refractivity contribution in [1.29, 1.82) is 0 Å². The summed E-state index contributed by atoms with van der Waals surface area (Å²) in [5.41, 5.74) is 2.46. The summed E-state index contributed by atoms with van der Waals surface area (Å²) in [6, 6.07) is 9.95. The molecule has 0 radical (unpaired) electrons. The zero-order valence-electron chi connectivity index (χ0n) is 15.7. The van der Waals surface area contributed by atoms with Crippen LogP contribution in [0.15, 0.2) is 36.5 Å². The molecule has 3 rings (SSSR count). The van der Waals surface area contributed by atoms with Crippen LogP contribution >= 0.6 is 0 Å². The van der Waals surface area contributed by atoms with Crippen molar-refractivity contribution in [2.45, 2.75) is 39.7 Å². The molecule has 2 heterocycles. The molecular weight excluding hydrogens is 326 g/mol. The monoisotopic (exact) mass is 351 g/mol. The summed E-state index contributed by atoms with van der Waals surface area (Å²) >= 11 is 0. The Morgan fingerprint density at radius 1 is 1.19 bits per heavy atom. The minimum Gasteiger partial charge on any atom is -0.370 e. The van der Waals surface area contributed by atoms with Crippen LogP contribution in [0, 0.1) is 6.92 Å². The highest BCUT2D eigenvalue weighted by atomic mass is 16.2. The largest absolute Gasteiger partial charge is 0.370 e. The van der Waals surface area contributed by atoms with E-state index in [9.17, 15) is 4.79 Å². The lowest BCUT2D eigenvalue weighted by Gasteiger charge is -2.20. The highest BCUT2D eigenvalue weighted by Crippen LogP contribution is 2.18. The second-order valence-electron chi connectivity index (χ2n) is 7.43. The third-order valence-electron chi connectivity index (χ3n) is 3.93. The predicted molar refractivity (Wildman–Crippen MR) is 104 cm³/mol. The normalized spacial score (nSPS) is 11.5. The number of amides is 1. The Bertz CT molecular complexity index is 923. The molecule has 3 N–H and O–H groups in total. The standard InChI is InChI=1S/C20H25N5O/c1-13-23-17(19(26)25-20(2,3)4)11-18(24-13)21-10-9-14-12-22-16-8-6-5-7-15(14)16/h5-8,11-12,22H,9-10H2,1-4H3,(H,25,26)(H,21,23,24). The molecule has 3 aromatic rings. The average Bonchev–Trinajstić information content (AvgIpc) is 2.96. The summed E-state index contributed by atoms with van der Waals surface area (Å²) in [6.07, 6.45) is 2.90. The Hall–Kier alpha value is -2.89. The maximum atomic E-state index is 12.3. The number of carbonyl (C=O) groups is 1. The van der Waals surface area contributed by atoms with Gasteiger partial charge in [-0.15, -0.1) is 0 Å². The third kappa shape index (κ3) is 4.39. The first-order valence-electron chi connectivity index (χ1n) is 8.79. The second-order valence-corrected chi connectivity index (χ2v) is 7.43. The second kappa shape index (κ2) is 7.15. The van der Waals surface area contributed by atoms with Crippen molar-refractivity contribution in [1.82, 2.24) is 20.3 Å². The number of hydrogen-bond acceptors (Lipinski definition) is 4. The Morgan fingerprint density at radius 3 is 2.73 bits per heavy atom. The Kier molecular flexibility index (Phi) is 4.93. The van der Waals surface area contributed by atoms with E-state index in [2.05, 4.69) is 37.7 Å². The van der Waals surface area contributed by atoms with Crippen molar-refractivity contribution < 1.29 is 4.79 Å². The Morgan fingerprint density at radius 2 is 1.96 bits per heavy atom. The van der Waals surface area contributed by atoms with Crippen LogP contribution < -0.4 is 10.6 Å². The van der Waals surface area contributed by atoms with Gasteiger partial charge in [0.1, 0.15) is 17.3 Å². The molecule has 0 aliphatic rings. The molecule has 1 aromatic carbocycles. The van der Waals surface area contributed by atoms with Gasteiger partial charge in [-0.1, -0.05) is 18.2 Å². The molecule has 0 bridgehead atoms. The molecule has 0 aliphatic heterocycles. The van der Waals surface area contributed by atoms with E-state index in [1.54, 1.807) is 13.0 Å². The van der Waals surface area contributed by atoms with Gasteiger partial charge in [0, 0.05) is 35.2 Å².